The first kappa shape index (κ1) is 17.8. The van der Waals surface area contributed by atoms with Crippen molar-refractivity contribution in [3.63, 3.8) is 0 Å². The molecule has 0 aliphatic carbocycles. The van der Waals surface area contributed by atoms with Gasteiger partial charge in [0.15, 0.2) is 0 Å². The largest absolute Gasteiger partial charge is 0.497 e. The van der Waals surface area contributed by atoms with Crippen molar-refractivity contribution in [3.8, 4) is 5.75 Å². The number of nitrogens with two attached hydrogens (primary N) is 1. The van der Waals surface area contributed by atoms with Gasteiger partial charge in [0.25, 0.3) is 10.0 Å². The third-order valence-corrected chi connectivity index (χ3v) is 4.75. The number of carboxylic acid groups (broad SMARTS) is 1. The molecule has 0 aromatic heterocycles. The lowest BCUT2D eigenvalue weighted by molar-refractivity contribution is -0.138. The first-order valence-electron chi connectivity index (χ1n) is 7.06. The quantitative estimate of drug-likeness (QED) is 0.695. The van der Waals surface area contributed by atoms with Crippen LogP contribution in [0.3, 0.4) is 0 Å². The Balaban J connectivity index is 2.10. The van der Waals surface area contributed by atoms with Crippen LogP contribution in [0.1, 0.15) is 5.56 Å². The predicted octanol–water partition coefficient (Wildman–Crippen LogP) is 1.45. The van der Waals surface area contributed by atoms with Crippen LogP contribution in [-0.4, -0.2) is 32.6 Å². The SMILES string of the molecule is COc1ccc(S(=O)(=O)Nc2ccc(C[C@@H](N)C(=O)O)cc2)cc1. The average Bonchev–Trinajstić information content (AvgIpc) is 2.56. The summed E-state index contributed by atoms with van der Waals surface area (Å²) in [5.41, 5.74) is 6.55. The van der Waals surface area contributed by atoms with E-state index in [9.17, 15) is 13.2 Å². The molecule has 0 saturated heterocycles. The van der Waals surface area contributed by atoms with E-state index < -0.39 is 22.0 Å². The second kappa shape index (κ2) is 7.33. The number of hydrogen-bond donors (Lipinski definition) is 3. The maximum atomic E-state index is 12.3. The van der Waals surface area contributed by atoms with E-state index >= 15 is 0 Å². The number of ether oxygens (including phenoxy) is 1. The molecule has 0 spiro atoms. The maximum Gasteiger partial charge on any atom is 0.320 e. The van der Waals surface area contributed by atoms with Crippen LogP contribution in [0.25, 0.3) is 0 Å². The minimum Gasteiger partial charge on any atom is -0.497 e. The fraction of sp³-hybridized carbons (Fsp3) is 0.188. The van der Waals surface area contributed by atoms with E-state index in [4.69, 9.17) is 15.6 Å². The summed E-state index contributed by atoms with van der Waals surface area (Å²) in [7, 11) is -2.21. The Kier molecular flexibility index (Phi) is 5.42. The highest BCUT2D eigenvalue weighted by Crippen LogP contribution is 2.19. The number of rotatable bonds is 7. The van der Waals surface area contributed by atoms with Crippen LogP contribution in [0.5, 0.6) is 5.75 Å². The topological polar surface area (TPSA) is 119 Å². The molecule has 0 unspecified atom stereocenters. The highest BCUT2D eigenvalue weighted by molar-refractivity contribution is 7.92. The summed E-state index contributed by atoms with van der Waals surface area (Å²) in [5.74, 6) is -0.521. The number of hydrogen-bond acceptors (Lipinski definition) is 5. The number of benzene rings is 2. The van der Waals surface area contributed by atoms with Gasteiger partial charge < -0.3 is 15.6 Å². The smallest absolute Gasteiger partial charge is 0.320 e. The molecule has 0 aliphatic heterocycles. The lowest BCUT2D eigenvalue weighted by atomic mass is 10.1. The third kappa shape index (κ3) is 4.46. The van der Waals surface area contributed by atoms with Crippen molar-refractivity contribution in [2.24, 2.45) is 5.73 Å². The van der Waals surface area contributed by atoms with Gasteiger partial charge in [-0.25, -0.2) is 8.42 Å². The van der Waals surface area contributed by atoms with Crippen molar-refractivity contribution in [2.45, 2.75) is 17.4 Å². The maximum absolute atomic E-state index is 12.3. The van der Waals surface area contributed by atoms with Crippen LogP contribution in [-0.2, 0) is 21.2 Å². The van der Waals surface area contributed by atoms with E-state index in [1.807, 2.05) is 0 Å². The van der Waals surface area contributed by atoms with Crippen molar-refractivity contribution in [3.05, 3.63) is 54.1 Å². The fourth-order valence-electron chi connectivity index (χ4n) is 2.02. The lowest BCUT2D eigenvalue weighted by Crippen LogP contribution is -2.32. The van der Waals surface area contributed by atoms with Crippen LogP contribution in [0.2, 0.25) is 0 Å². The molecule has 0 heterocycles. The highest BCUT2D eigenvalue weighted by Gasteiger charge is 2.15. The second-order valence-corrected chi connectivity index (χ2v) is 6.81. The molecule has 0 saturated carbocycles. The summed E-state index contributed by atoms with van der Waals surface area (Å²) >= 11 is 0. The van der Waals surface area contributed by atoms with E-state index in [2.05, 4.69) is 4.72 Å². The molecule has 128 valence electrons. The molecule has 7 nitrogen and oxygen atoms in total. The number of anilines is 1. The van der Waals surface area contributed by atoms with Gasteiger partial charge in [-0.1, -0.05) is 12.1 Å². The molecule has 1 atom stereocenters. The summed E-state index contributed by atoms with van der Waals surface area (Å²) in [6.45, 7) is 0. The number of aliphatic carboxylic acids is 1. The molecule has 4 N–H and O–H groups in total. The number of carbonyl (C=O) groups is 1. The van der Waals surface area contributed by atoms with E-state index in [0.29, 0.717) is 17.0 Å². The standard InChI is InChI=1S/C16H18N2O5S/c1-23-13-6-8-14(9-7-13)24(21,22)18-12-4-2-11(3-5-12)10-15(17)16(19)20/h2-9,15,18H,10,17H2,1H3,(H,19,20)/t15-/m1/s1. The van der Waals surface area contributed by atoms with Gasteiger partial charge in [0, 0.05) is 5.69 Å². The second-order valence-electron chi connectivity index (χ2n) is 5.13. The molecular formula is C16H18N2O5S. The summed E-state index contributed by atoms with van der Waals surface area (Å²) in [6.07, 6.45) is 0.168. The Morgan fingerprint density at radius 2 is 1.75 bits per heavy atom. The normalized spacial score (nSPS) is 12.4. The molecule has 0 fully saturated rings. The first-order valence-corrected chi connectivity index (χ1v) is 8.54. The molecule has 8 heteroatoms. The molecular weight excluding hydrogens is 332 g/mol. The van der Waals surface area contributed by atoms with Crippen LogP contribution >= 0.6 is 0 Å². The van der Waals surface area contributed by atoms with Crippen LogP contribution in [0.15, 0.2) is 53.4 Å². The Labute approximate surface area is 140 Å². The van der Waals surface area contributed by atoms with E-state index in [1.165, 1.54) is 19.2 Å². The number of carboxylic acids is 1. The van der Waals surface area contributed by atoms with Gasteiger partial charge >= 0.3 is 5.97 Å². The summed E-state index contributed by atoms with van der Waals surface area (Å²) in [6, 6.07) is 11.4. The van der Waals surface area contributed by atoms with Gasteiger partial charge in [0.2, 0.25) is 0 Å². The van der Waals surface area contributed by atoms with E-state index in [0.717, 1.165) is 0 Å². The van der Waals surface area contributed by atoms with Crippen molar-refractivity contribution in [1.82, 2.24) is 0 Å². The molecule has 2 aromatic carbocycles. The lowest BCUT2D eigenvalue weighted by Gasteiger charge is -2.10. The highest BCUT2D eigenvalue weighted by atomic mass is 32.2. The summed E-state index contributed by atoms with van der Waals surface area (Å²) < 4.78 is 32.1. The van der Waals surface area contributed by atoms with Gasteiger partial charge in [-0.2, -0.15) is 0 Å². The zero-order valence-corrected chi connectivity index (χ0v) is 13.8. The van der Waals surface area contributed by atoms with Gasteiger partial charge in [-0.05, 0) is 48.4 Å². The molecule has 0 aliphatic rings. The third-order valence-electron chi connectivity index (χ3n) is 3.35. The Morgan fingerprint density at radius 1 is 1.17 bits per heavy atom. The summed E-state index contributed by atoms with van der Waals surface area (Å²) in [5, 5.41) is 8.79. The summed E-state index contributed by atoms with van der Waals surface area (Å²) in [4.78, 5) is 10.8. The minimum atomic E-state index is -3.71. The van der Waals surface area contributed by atoms with Crippen LogP contribution < -0.4 is 15.2 Å². The van der Waals surface area contributed by atoms with Gasteiger partial charge in [-0.15, -0.1) is 0 Å². The molecule has 2 rings (SSSR count). The van der Waals surface area contributed by atoms with Crippen LogP contribution in [0, 0.1) is 0 Å². The zero-order valence-electron chi connectivity index (χ0n) is 13.0. The number of sulfonamides is 1. The van der Waals surface area contributed by atoms with Crippen molar-refractivity contribution >= 4 is 21.7 Å². The molecule has 0 amide bonds. The average molecular weight is 350 g/mol. The van der Waals surface area contributed by atoms with E-state index in [1.54, 1.807) is 36.4 Å². The fourth-order valence-corrected chi connectivity index (χ4v) is 3.08. The predicted molar refractivity (Wildman–Crippen MR) is 89.6 cm³/mol. The monoisotopic (exact) mass is 350 g/mol. The van der Waals surface area contributed by atoms with Gasteiger partial charge in [0.05, 0.1) is 12.0 Å². The molecule has 0 bridgehead atoms. The van der Waals surface area contributed by atoms with Gasteiger partial charge in [0.1, 0.15) is 11.8 Å². The molecule has 2 aromatic rings. The van der Waals surface area contributed by atoms with Crippen molar-refractivity contribution in [1.29, 1.82) is 0 Å². The Hall–Kier alpha value is -2.58. The molecule has 0 radical (unpaired) electrons. The minimum absolute atomic E-state index is 0.111. The van der Waals surface area contributed by atoms with Crippen molar-refractivity contribution in [2.75, 3.05) is 11.8 Å². The van der Waals surface area contributed by atoms with Crippen LogP contribution in [0.4, 0.5) is 5.69 Å². The van der Waals surface area contributed by atoms with Crippen molar-refractivity contribution < 1.29 is 23.1 Å². The number of methoxy groups -OCH3 is 1. The Bertz CT molecular complexity index is 801. The molecule has 24 heavy (non-hydrogen) atoms. The van der Waals surface area contributed by atoms with E-state index in [-0.39, 0.29) is 11.3 Å². The Morgan fingerprint density at radius 3 is 2.25 bits per heavy atom. The number of nitrogens with one attached hydrogen (secondary N) is 1. The first-order chi connectivity index (χ1) is 11.3. The van der Waals surface area contributed by atoms with Gasteiger partial charge in [-0.3, -0.25) is 9.52 Å². The zero-order chi connectivity index (χ0) is 17.7.